The highest BCUT2D eigenvalue weighted by molar-refractivity contribution is 7.15. The summed E-state index contributed by atoms with van der Waals surface area (Å²) in [5, 5.41) is 11.2. The number of carbonyl (C=O) groups is 1. The van der Waals surface area contributed by atoms with Crippen LogP contribution in [0.5, 0.6) is 0 Å². The van der Waals surface area contributed by atoms with Crippen LogP contribution in [0.25, 0.3) is 0 Å². The number of piperidine rings is 1. The third-order valence-electron chi connectivity index (χ3n) is 3.73. The molecule has 3 rings (SSSR count). The number of anilines is 1. The second kappa shape index (κ2) is 5.95. The van der Waals surface area contributed by atoms with E-state index in [2.05, 4.69) is 20.7 Å². The molecule has 0 saturated carbocycles. The molecule has 1 unspecified atom stereocenters. The molecule has 2 N–H and O–H groups in total. The Labute approximate surface area is 127 Å². The minimum Gasteiger partial charge on any atom is -0.315 e. The molecular formula is C14H19N5OS. The topological polar surface area (TPSA) is 71.8 Å². The van der Waals surface area contributed by atoms with E-state index < -0.39 is 0 Å². The number of hydrogen-bond donors (Lipinski definition) is 2. The molecule has 1 atom stereocenters. The molecule has 1 aliphatic rings. The predicted octanol–water partition coefficient (Wildman–Crippen LogP) is 2.13. The van der Waals surface area contributed by atoms with E-state index in [9.17, 15) is 4.79 Å². The van der Waals surface area contributed by atoms with Gasteiger partial charge in [-0.25, -0.2) is 4.98 Å². The van der Waals surface area contributed by atoms with E-state index in [0.29, 0.717) is 16.9 Å². The van der Waals surface area contributed by atoms with Gasteiger partial charge in [0.05, 0.1) is 11.7 Å². The largest absolute Gasteiger partial charge is 0.315 e. The van der Waals surface area contributed by atoms with Gasteiger partial charge in [0.1, 0.15) is 0 Å². The average Bonchev–Trinajstić information content (AvgIpc) is 3.08. The number of hydrogen-bond acceptors (Lipinski definition) is 5. The fourth-order valence-electron chi connectivity index (χ4n) is 2.41. The summed E-state index contributed by atoms with van der Waals surface area (Å²) < 4.78 is 1.89. The van der Waals surface area contributed by atoms with Crippen molar-refractivity contribution in [2.75, 3.05) is 18.4 Å². The molecule has 1 saturated heterocycles. The van der Waals surface area contributed by atoms with Crippen LogP contribution < -0.4 is 10.6 Å². The number of nitrogens with zero attached hydrogens (tertiary/aromatic N) is 3. The van der Waals surface area contributed by atoms with Gasteiger partial charge < -0.3 is 5.32 Å². The lowest BCUT2D eigenvalue weighted by atomic mass is 10.1. The van der Waals surface area contributed by atoms with E-state index in [4.69, 9.17) is 0 Å². The summed E-state index contributed by atoms with van der Waals surface area (Å²) in [7, 11) is 0. The summed E-state index contributed by atoms with van der Waals surface area (Å²) in [5.41, 5.74) is 1.39. The minimum absolute atomic E-state index is 0.203. The number of aryl methyl sites for hydroxylation is 2. The Bertz CT molecular complexity index is 622. The third-order valence-corrected chi connectivity index (χ3v) is 4.72. The molecule has 1 amide bonds. The second-order valence-electron chi connectivity index (χ2n) is 5.30. The fourth-order valence-corrected chi connectivity index (χ4v) is 3.22. The maximum atomic E-state index is 12.2. The van der Waals surface area contributed by atoms with Crippen molar-refractivity contribution in [3.63, 3.8) is 0 Å². The standard InChI is InChI=1S/C14H19N5OS/c1-9-10(2)21-14(16-9)17-13(20)12-5-7-19(18-12)11-4-3-6-15-8-11/h5,7,11,15H,3-4,6,8H2,1-2H3,(H,16,17,20). The highest BCUT2D eigenvalue weighted by atomic mass is 32.1. The normalized spacial score (nSPS) is 18.7. The molecule has 7 heteroatoms. The Kier molecular flexibility index (Phi) is 4.03. The summed E-state index contributed by atoms with van der Waals surface area (Å²) in [6.45, 7) is 5.90. The van der Waals surface area contributed by atoms with Gasteiger partial charge in [0.25, 0.3) is 5.91 Å². The van der Waals surface area contributed by atoms with Crippen LogP contribution in [-0.4, -0.2) is 33.8 Å². The van der Waals surface area contributed by atoms with Crippen molar-refractivity contribution in [2.45, 2.75) is 32.7 Å². The molecule has 1 fully saturated rings. The molecule has 3 heterocycles. The lowest BCUT2D eigenvalue weighted by Gasteiger charge is -2.22. The van der Waals surface area contributed by atoms with Crippen LogP contribution in [0.3, 0.4) is 0 Å². The highest BCUT2D eigenvalue weighted by Gasteiger charge is 2.18. The summed E-state index contributed by atoms with van der Waals surface area (Å²) in [6.07, 6.45) is 4.12. The van der Waals surface area contributed by atoms with Gasteiger partial charge in [0, 0.05) is 17.6 Å². The summed E-state index contributed by atoms with van der Waals surface area (Å²) >= 11 is 1.48. The quantitative estimate of drug-likeness (QED) is 0.911. The maximum Gasteiger partial charge on any atom is 0.277 e. The Morgan fingerprint density at radius 2 is 2.38 bits per heavy atom. The van der Waals surface area contributed by atoms with Gasteiger partial charge in [0.2, 0.25) is 0 Å². The van der Waals surface area contributed by atoms with Gasteiger partial charge in [-0.1, -0.05) is 0 Å². The van der Waals surface area contributed by atoms with E-state index in [1.165, 1.54) is 11.3 Å². The molecule has 0 bridgehead atoms. The average molecular weight is 305 g/mol. The van der Waals surface area contributed by atoms with Crippen molar-refractivity contribution in [2.24, 2.45) is 0 Å². The van der Waals surface area contributed by atoms with Crippen LogP contribution in [0.2, 0.25) is 0 Å². The Morgan fingerprint density at radius 1 is 1.52 bits per heavy atom. The molecule has 1 aliphatic heterocycles. The summed E-state index contributed by atoms with van der Waals surface area (Å²) in [5.74, 6) is -0.203. The van der Waals surface area contributed by atoms with E-state index >= 15 is 0 Å². The van der Waals surface area contributed by atoms with Gasteiger partial charge in [-0.3, -0.25) is 14.8 Å². The molecule has 112 valence electrons. The lowest BCUT2D eigenvalue weighted by Crippen LogP contribution is -2.32. The van der Waals surface area contributed by atoms with Gasteiger partial charge in [-0.05, 0) is 39.3 Å². The Balaban J connectivity index is 1.68. The van der Waals surface area contributed by atoms with Crippen LogP contribution in [0.15, 0.2) is 12.3 Å². The van der Waals surface area contributed by atoms with E-state index in [-0.39, 0.29) is 5.91 Å². The van der Waals surface area contributed by atoms with Crippen molar-refractivity contribution in [3.8, 4) is 0 Å². The summed E-state index contributed by atoms with van der Waals surface area (Å²) in [4.78, 5) is 17.6. The first-order valence-electron chi connectivity index (χ1n) is 7.15. The molecule has 0 spiro atoms. The molecule has 21 heavy (non-hydrogen) atoms. The number of carbonyl (C=O) groups excluding carboxylic acids is 1. The third kappa shape index (κ3) is 3.14. The zero-order valence-electron chi connectivity index (χ0n) is 12.2. The van der Waals surface area contributed by atoms with Crippen molar-refractivity contribution in [1.82, 2.24) is 20.1 Å². The molecule has 2 aromatic heterocycles. The van der Waals surface area contributed by atoms with Crippen molar-refractivity contribution < 1.29 is 4.79 Å². The number of rotatable bonds is 3. The number of nitrogens with one attached hydrogen (secondary N) is 2. The van der Waals surface area contributed by atoms with Gasteiger partial charge in [0.15, 0.2) is 10.8 Å². The van der Waals surface area contributed by atoms with E-state index in [0.717, 1.165) is 36.5 Å². The second-order valence-corrected chi connectivity index (χ2v) is 6.50. The number of aromatic nitrogens is 3. The molecular weight excluding hydrogens is 286 g/mol. The van der Waals surface area contributed by atoms with Crippen LogP contribution in [0.1, 0.15) is 39.9 Å². The van der Waals surface area contributed by atoms with Gasteiger partial charge >= 0.3 is 0 Å². The molecule has 2 aromatic rings. The zero-order chi connectivity index (χ0) is 14.8. The SMILES string of the molecule is Cc1nc(NC(=O)c2ccn(C3CCCNC3)n2)sc1C. The first kappa shape index (κ1) is 14.2. The smallest absolute Gasteiger partial charge is 0.277 e. The molecule has 6 nitrogen and oxygen atoms in total. The highest BCUT2D eigenvalue weighted by Crippen LogP contribution is 2.22. The van der Waals surface area contributed by atoms with Crippen LogP contribution in [0.4, 0.5) is 5.13 Å². The molecule has 0 aliphatic carbocycles. The Morgan fingerprint density at radius 3 is 3.05 bits per heavy atom. The van der Waals surface area contributed by atoms with Crippen LogP contribution >= 0.6 is 11.3 Å². The van der Waals surface area contributed by atoms with Gasteiger partial charge in [-0.15, -0.1) is 11.3 Å². The van der Waals surface area contributed by atoms with Crippen molar-refractivity contribution in [3.05, 3.63) is 28.5 Å². The number of thiazole rings is 1. The van der Waals surface area contributed by atoms with Gasteiger partial charge in [-0.2, -0.15) is 5.10 Å². The first-order valence-corrected chi connectivity index (χ1v) is 7.96. The molecule has 0 radical (unpaired) electrons. The number of amides is 1. The Hall–Kier alpha value is -1.73. The summed E-state index contributed by atoms with van der Waals surface area (Å²) in [6, 6.07) is 2.10. The first-order chi connectivity index (χ1) is 10.1. The molecule has 0 aromatic carbocycles. The van der Waals surface area contributed by atoms with Crippen LogP contribution in [-0.2, 0) is 0 Å². The maximum absolute atomic E-state index is 12.2. The van der Waals surface area contributed by atoms with Crippen LogP contribution in [0, 0.1) is 13.8 Å². The predicted molar refractivity (Wildman–Crippen MR) is 82.9 cm³/mol. The van der Waals surface area contributed by atoms with E-state index in [1.54, 1.807) is 6.07 Å². The van der Waals surface area contributed by atoms with Crippen molar-refractivity contribution >= 4 is 22.4 Å². The lowest BCUT2D eigenvalue weighted by molar-refractivity contribution is 0.102. The fraction of sp³-hybridized carbons (Fsp3) is 0.500. The van der Waals surface area contributed by atoms with Crippen molar-refractivity contribution in [1.29, 1.82) is 0 Å². The van der Waals surface area contributed by atoms with E-state index in [1.807, 2.05) is 24.7 Å². The monoisotopic (exact) mass is 305 g/mol. The zero-order valence-corrected chi connectivity index (χ0v) is 13.0. The minimum atomic E-state index is -0.203.